The Morgan fingerprint density at radius 2 is 1.71 bits per heavy atom. The van der Waals surface area contributed by atoms with E-state index >= 15 is 0 Å². The number of likely N-dealkylation sites (tertiary alicyclic amines) is 1. The van der Waals surface area contributed by atoms with Crippen LogP contribution in [0.1, 0.15) is 24.0 Å². The molecule has 0 saturated carbocycles. The molecule has 1 aliphatic rings. The van der Waals surface area contributed by atoms with Crippen LogP contribution in [0.15, 0.2) is 60.7 Å². The Morgan fingerprint density at radius 3 is 2.36 bits per heavy atom. The molecule has 2 atom stereocenters. The predicted molar refractivity (Wildman–Crippen MR) is 104 cm³/mol. The highest BCUT2D eigenvalue weighted by molar-refractivity contribution is 5.88. The number of hydrogen-bond donors (Lipinski definition) is 1. The van der Waals surface area contributed by atoms with Crippen molar-refractivity contribution in [2.75, 3.05) is 6.54 Å². The van der Waals surface area contributed by atoms with E-state index < -0.39 is 18.2 Å². The topological polar surface area (TPSA) is 75.7 Å². The SMILES string of the molecule is O=C[C@H](Cc1ccccc1)NC(=O)C1CCCN1C(=O)OCc1ccccc1. The van der Waals surface area contributed by atoms with E-state index in [0.717, 1.165) is 23.8 Å². The predicted octanol–water partition coefficient (Wildman–Crippen LogP) is 2.71. The number of benzene rings is 2. The molecular weight excluding hydrogens is 356 g/mol. The third-order valence-electron chi connectivity index (χ3n) is 4.79. The lowest BCUT2D eigenvalue weighted by molar-refractivity contribution is -0.127. The second kappa shape index (κ2) is 9.69. The Bertz CT molecular complexity index is 795. The zero-order valence-corrected chi connectivity index (χ0v) is 15.6. The summed E-state index contributed by atoms with van der Waals surface area (Å²) in [6.45, 7) is 0.631. The number of rotatable bonds is 7. The molecule has 0 radical (unpaired) electrons. The Kier molecular flexibility index (Phi) is 6.78. The molecule has 146 valence electrons. The molecule has 1 saturated heterocycles. The summed E-state index contributed by atoms with van der Waals surface area (Å²) in [6, 6.07) is 17.7. The highest BCUT2D eigenvalue weighted by atomic mass is 16.6. The lowest BCUT2D eigenvalue weighted by Gasteiger charge is -2.24. The number of carbonyl (C=O) groups is 3. The van der Waals surface area contributed by atoms with Crippen LogP contribution in [0, 0.1) is 0 Å². The summed E-state index contributed by atoms with van der Waals surface area (Å²) in [5.41, 5.74) is 1.85. The lowest BCUT2D eigenvalue weighted by Crippen LogP contribution is -2.49. The van der Waals surface area contributed by atoms with Gasteiger partial charge in [-0.2, -0.15) is 0 Å². The van der Waals surface area contributed by atoms with Gasteiger partial charge in [0.25, 0.3) is 0 Å². The summed E-state index contributed by atoms with van der Waals surface area (Å²) in [4.78, 5) is 38.0. The molecule has 0 aromatic heterocycles. The standard InChI is InChI=1S/C22H24N2O4/c25-15-19(14-17-8-3-1-4-9-17)23-21(26)20-12-7-13-24(20)22(27)28-16-18-10-5-2-6-11-18/h1-6,8-11,15,19-20H,7,12-14,16H2,(H,23,26)/t19-,20?/m0/s1. The molecule has 1 heterocycles. The molecule has 6 nitrogen and oxygen atoms in total. The zero-order valence-electron chi connectivity index (χ0n) is 15.6. The third-order valence-corrected chi connectivity index (χ3v) is 4.79. The van der Waals surface area contributed by atoms with Gasteiger partial charge in [-0.15, -0.1) is 0 Å². The maximum Gasteiger partial charge on any atom is 0.410 e. The zero-order chi connectivity index (χ0) is 19.8. The molecule has 1 N–H and O–H groups in total. The van der Waals surface area contributed by atoms with Crippen molar-refractivity contribution in [3.8, 4) is 0 Å². The van der Waals surface area contributed by atoms with E-state index in [2.05, 4.69) is 5.32 Å². The number of aldehydes is 1. The minimum Gasteiger partial charge on any atom is -0.445 e. The van der Waals surface area contributed by atoms with Gasteiger partial charge in [0.1, 0.15) is 18.9 Å². The highest BCUT2D eigenvalue weighted by Gasteiger charge is 2.35. The fraction of sp³-hybridized carbons (Fsp3) is 0.318. The Balaban J connectivity index is 1.55. The van der Waals surface area contributed by atoms with Gasteiger partial charge in [-0.25, -0.2) is 4.79 Å². The van der Waals surface area contributed by atoms with Crippen LogP contribution in [0.3, 0.4) is 0 Å². The van der Waals surface area contributed by atoms with Crippen molar-refractivity contribution < 1.29 is 19.1 Å². The van der Waals surface area contributed by atoms with Gasteiger partial charge in [0.2, 0.25) is 5.91 Å². The second-order valence-electron chi connectivity index (χ2n) is 6.83. The van der Waals surface area contributed by atoms with E-state index in [0.29, 0.717) is 19.4 Å². The first-order valence-corrected chi connectivity index (χ1v) is 9.44. The molecule has 0 bridgehead atoms. The van der Waals surface area contributed by atoms with Gasteiger partial charge in [0, 0.05) is 6.54 Å². The summed E-state index contributed by atoms with van der Waals surface area (Å²) >= 11 is 0. The van der Waals surface area contributed by atoms with Gasteiger partial charge in [0.15, 0.2) is 0 Å². The molecule has 2 amide bonds. The average molecular weight is 380 g/mol. The van der Waals surface area contributed by atoms with Gasteiger partial charge >= 0.3 is 6.09 Å². The fourth-order valence-corrected chi connectivity index (χ4v) is 3.34. The molecule has 6 heteroatoms. The first kappa shape index (κ1) is 19.6. The maximum absolute atomic E-state index is 12.7. The van der Waals surface area contributed by atoms with Crippen LogP contribution >= 0.6 is 0 Å². The Labute approximate surface area is 164 Å². The molecule has 1 aliphatic heterocycles. The van der Waals surface area contributed by atoms with Crippen molar-refractivity contribution in [2.45, 2.75) is 38.0 Å². The molecule has 1 fully saturated rings. The third kappa shape index (κ3) is 5.19. The average Bonchev–Trinajstić information content (AvgIpc) is 3.23. The molecule has 1 unspecified atom stereocenters. The van der Waals surface area contributed by atoms with E-state index in [9.17, 15) is 14.4 Å². The molecule has 0 aliphatic carbocycles. The van der Waals surface area contributed by atoms with Crippen molar-refractivity contribution in [1.82, 2.24) is 10.2 Å². The number of nitrogens with zero attached hydrogens (tertiary/aromatic N) is 1. The molecule has 0 spiro atoms. The van der Waals surface area contributed by atoms with Crippen LogP contribution < -0.4 is 5.32 Å². The van der Waals surface area contributed by atoms with Crippen molar-refractivity contribution in [2.24, 2.45) is 0 Å². The number of carbonyl (C=O) groups excluding carboxylic acids is 3. The van der Waals surface area contributed by atoms with Crippen LogP contribution in [0.4, 0.5) is 4.79 Å². The van der Waals surface area contributed by atoms with Crippen LogP contribution in [0.25, 0.3) is 0 Å². The quantitative estimate of drug-likeness (QED) is 0.750. The number of hydrogen-bond acceptors (Lipinski definition) is 4. The van der Waals surface area contributed by atoms with Crippen LogP contribution in [0.2, 0.25) is 0 Å². The Hall–Kier alpha value is -3.15. The summed E-state index contributed by atoms with van der Waals surface area (Å²) < 4.78 is 5.36. The normalized spacial score (nSPS) is 17.0. The lowest BCUT2D eigenvalue weighted by atomic mass is 10.1. The monoisotopic (exact) mass is 380 g/mol. The van der Waals surface area contributed by atoms with Crippen molar-refractivity contribution in [1.29, 1.82) is 0 Å². The molecule has 3 rings (SSSR count). The Morgan fingerprint density at radius 1 is 1.07 bits per heavy atom. The van der Waals surface area contributed by atoms with Crippen molar-refractivity contribution in [3.63, 3.8) is 0 Å². The highest BCUT2D eigenvalue weighted by Crippen LogP contribution is 2.19. The smallest absolute Gasteiger partial charge is 0.410 e. The molecule has 2 aromatic rings. The summed E-state index contributed by atoms with van der Waals surface area (Å²) in [6.07, 6.45) is 1.93. The largest absolute Gasteiger partial charge is 0.445 e. The van der Waals surface area contributed by atoms with Gasteiger partial charge in [-0.05, 0) is 30.4 Å². The second-order valence-corrected chi connectivity index (χ2v) is 6.83. The first-order chi connectivity index (χ1) is 13.7. The van der Waals surface area contributed by atoms with Gasteiger partial charge in [0.05, 0.1) is 6.04 Å². The minimum atomic E-state index is -0.627. The fourth-order valence-electron chi connectivity index (χ4n) is 3.34. The van der Waals surface area contributed by atoms with Crippen LogP contribution in [0.5, 0.6) is 0 Å². The van der Waals surface area contributed by atoms with E-state index in [1.54, 1.807) is 0 Å². The van der Waals surface area contributed by atoms with Crippen molar-refractivity contribution >= 4 is 18.3 Å². The van der Waals surface area contributed by atoms with E-state index in [4.69, 9.17) is 4.74 Å². The van der Waals surface area contributed by atoms with E-state index in [1.807, 2.05) is 60.7 Å². The summed E-state index contributed by atoms with van der Waals surface area (Å²) in [5.74, 6) is -0.317. The molecular formula is C22H24N2O4. The van der Waals surface area contributed by atoms with Gasteiger partial charge in [-0.1, -0.05) is 60.7 Å². The van der Waals surface area contributed by atoms with Gasteiger partial charge in [-0.3, -0.25) is 9.69 Å². The van der Waals surface area contributed by atoms with Crippen molar-refractivity contribution in [3.05, 3.63) is 71.8 Å². The van der Waals surface area contributed by atoms with Gasteiger partial charge < -0.3 is 14.8 Å². The number of ether oxygens (including phenoxy) is 1. The summed E-state index contributed by atoms with van der Waals surface area (Å²) in [5, 5.41) is 2.76. The van der Waals surface area contributed by atoms with Crippen LogP contribution in [-0.2, 0) is 27.4 Å². The summed E-state index contributed by atoms with van der Waals surface area (Å²) in [7, 11) is 0. The van der Waals surface area contributed by atoms with Crippen LogP contribution in [-0.4, -0.2) is 41.8 Å². The minimum absolute atomic E-state index is 0.162. The molecule has 2 aromatic carbocycles. The van der Waals surface area contributed by atoms with E-state index in [1.165, 1.54) is 4.90 Å². The first-order valence-electron chi connectivity index (χ1n) is 9.44. The van der Waals surface area contributed by atoms with E-state index in [-0.39, 0.29) is 12.5 Å². The molecule has 28 heavy (non-hydrogen) atoms. The number of nitrogens with one attached hydrogen (secondary N) is 1. The maximum atomic E-state index is 12.7. The number of amides is 2.